The summed E-state index contributed by atoms with van der Waals surface area (Å²) in [5.41, 5.74) is 4.08. The number of anilines is 1. The maximum Gasteiger partial charge on any atom is 0.246 e. The highest BCUT2D eigenvalue weighted by Gasteiger charge is 2.14. The lowest BCUT2D eigenvalue weighted by Crippen LogP contribution is -2.19. The molecule has 0 bridgehead atoms. The Morgan fingerprint density at radius 3 is 2.87 bits per heavy atom. The van der Waals surface area contributed by atoms with Gasteiger partial charge in [-0.3, -0.25) is 14.5 Å². The van der Waals surface area contributed by atoms with Gasteiger partial charge in [-0.2, -0.15) is 5.10 Å². The predicted octanol–water partition coefficient (Wildman–Crippen LogP) is 5.56. The number of halogens is 1. The molecule has 6 nitrogen and oxygen atoms in total. The first-order valence-electron chi connectivity index (χ1n) is 9.61. The van der Waals surface area contributed by atoms with Crippen LogP contribution in [0.5, 0.6) is 0 Å². The number of aromatic amines is 1. The van der Waals surface area contributed by atoms with E-state index in [1.807, 2.05) is 56.3 Å². The van der Waals surface area contributed by atoms with Crippen LogP contribution in [0, 0.1) is 18.6 Å². The summed E-state index contributed by atoms with van der Waals surface area (Å²) < 4.78 is 2.07. The van der Waals surface area contributed by atoms with Gasteiger partial charge in [0, 0.05) is 28.1 Å². The number of thiazole rings is 1. The van der Waals surface area contributed by atoms with E-state index in [1.165, 1.54) is 11.3 Å². The van der Waals surface area contributed by atoms with Crippen LogP contribution < -0.4 is 5.32 Å². The van der Waals surface area contributed by atoms with Crippen molar-refractivity contribution in [2.24, 2.45) is 0 Å². The average molecular weight is 470 g/mol. The van der Waals surface area contributed by atoms with Gasteiger partial charge in [-0.25, -0.2) is 4.98 Å². The van der Waals surface area contributed by atoms with Crippen LogP contribution in [-0.2, 0) is 17.8 Å². The molecule has 0 unspecified atom stereocenters. The Hall–Kier alpha value is -2.81. The molecular formula is C22H20ClN5OS2. The topological polar surface area (TPSA) is 75.6 Å². The van der Waals surface area contributed by atoms with Crippen molar-refractivity contribution in [1.29, 1.82) is 0 Å². The maximum absolute atomic E-state index is 12.7. The molecule has 2 N–H and O–H groups in total. The molecule has 0 aliphatic heterocycles. The van der Waals surface area contributed by atoms with E-state index in [4.69, 9.17) is 23.8 Å². The molecule has 2 heterocycles. The number of aromatic nitrogens is 4. The molecule has 4 rings (SSSR count). The molecule has 4 aromatic rings. The fraction of sp³-hybridized carbons (Fsp3) is 0.182. The van der Waals surface area contributed by atoms with Crippen LogP contribution in [0.3, 0.4) is 0 Å². The fourth-order valence-corrected chi connectivity index (χ4v) is 4.49. The summed E-state index contributed by atoms with van der Waals surface area (Å²) in [6.07, 6.45) is 2.43. The van der Waals surface area contributed by atoms with Crippen molar-refractivity contribution in [2.45, 2.75) is 26.8 Å². The van der Waals surface area contributed by atoms with E-state index in [0.29, 0.717) is 22.1 Å². The number of hydrogen-bond donors (Lipinski definition) is 2. The Morgan fingerprint density at radius 1 is 1.26 bits per heavy atom. The van der Waals surface area contributed by atoms with E-state index in [9.17, 15) is 4.79 Å². The molecule has 0 spiro atoms. The Bertz CT molecular complexity index is 1310. The third-order valence-corrected chi connectivity index (χ3v) is 6.54. The summed E-state index contributed by atoms with van der Waals surface area (Å²) in [5.74, 6) is 0.402. The molecule has 0 aliphatic rings. The lowest BCUT2D eigenvalue weighted by molar-refractivity contribution is -0.116. The second-order valence-electron chi connectivity index (χ2n) is 7.21. The minimum absolute atomic E-state index is 0.0389. The molecule has 2 aromatic carbocycles. The number of aryl methyl sites for hydroxylation is 2. The molecule has 0 saturated heterocycles. The van der Waals surface area contributed by atoms with Crippen molar-refractivity contribution >= 4 is 46.2 Å². The Balaban J connectivity index is 1.46. The highest BCUT2D eigenvalue weighted by Crippen LogP contribution is 2.27. The first-order valence-corrected chi connectivity index (χ1v) is 11.2. The molecule has 0 aliphatic carbocycles. The first kappa shape index (κ1) is 21.4. The summed E-state index contributed by atoms with van der Waals surface area (Å²) in [6.45, 7) is 4.03. The largest absolute Gasteiger partial charge is 0.300 e. The van der Waals surface area contributed by atoms with Gasteiger partial charge < -0.3 is 5.32 Å². The lowest BCUT2D eigenvalue weighted by Gasteiger charge is -2.07. The molecule has 0 radical (unpaired) electrons. The van der Waals surface area contributed by atoms with Crippen molar-refractivity contribution in [1.82, 2.24) is 19.7 Å². The van der Waals surface area contributed by atoms with Gasteiger partial charge in [-0.05, 0) is 43.3 Å². The maximum atomic E-state index is 12.7. The van der Waals surface area contributed by atoms with Crippen molar-refractivity contribution in [3.63, 3.8) is 0 Å². The number of nitrogens with zero attached hydrogens (tertiary/aromatic N) is 3. The minimum atomic E-state index is -0.221. The minimum Gasteiger partial charge on any atom is -0.300 e. The zero-order valence-electron chi connectivity index (χ0n) is 17.0. The van der Waals surface area contributed by atoms with Gasteiger partial charge in [0.1, 0.15) is 6.54 Å². The lowest BCUT2D eigenvalue weighted by atomic mass is 10.1. The highest BCUT2D eigenvalue weighted by molar-refractivity contribution is 7.71. The van der Waals surface area contributed by atoms with Crippen molar-refractivity contribution < 1.29 is 4.79 Å². The molecule has 0 fully saturated rings. The summed E-state index contributed by atoms with van der Waals surface area (Å²) >= 11 is 13.2. The Kier molecular flexibility index (Phi) is 6.31. The Labute approximate surface area is 193 Å². The van der Waals surface area contributed by atoms with Crippen molar-refractivity contribution in [3.8, 4) is 11.4 Å². The van der Waals surface area contributed by atoms with Gasteiger partial charge in [0.2, 0.25) is 5.91 Å². The zero-order valence-corrected chi connectivity index (χ0v) is 19.4. The third kappa shape index (κ3) is 4.92. The van der Waals surface area contributed by atoms with E-state index in [2.05, 4.69) is 20.5 Å². The predicted molar refractivity (Wildman–Crippen MR) is 127 cm³/mol. The van der Waals surface area contributed by atoms with Gasteiger partial charge in [-0.15, -0.1) is 11.3 Å². The van der Waals surface area contributed by atoms with Crippen LogP contribution in [-0.4, -0.2) is 25.7 Å². The van der Waals surface area contributed by atoms with E-state index in [1.54, 1.807) is 10.8 Å². The van der Waals surface area contributed by atoms with E-state index in [0.717, 1.165) is 32.2 Å². The molecule has 31 heavy (non-hydrogen) atoms. The summed E-state index contributed by atoms with van der Waals surface area (Å²) in [4.78, 5) is 18.0. The third-order valence-electron chi connectivity index (χ3n) is 4.77. The molecule has 2 aromatic heterocycles. The number of rotatable bonds is 6. The number of amides is 1. The van der Waals surface area contributed by atoms with Crippen LogP contribution in [0.15, 0.2) is 48.7 Å². The number of hydrogen-bond acceptors (Lipinski definition) is 5. The smallest absolute Gasteiger partial charge is 0.246 e. The molecule has 0 atom stereocenters. The zero-order chi connectivity index (χ0) is 22.0. The Morgan fingerprint density at radius 2 is 2.06 bits per heavy atom. The van der Waals surface area contributed by atoms with Crippen molar-refractivity contribution in [2.75, 3.05) is 5.32 Å². The molecular weight excluding hydrogens is 450 g/mol. The SMILES string of the molecule is Cc1cccc(-c2n[nH]c(=S)n2CC(=O)Nc2ncc(Cc3cccc(C)c3Cl)s2)c1. The number of carbonyl (C=O) groups excluding carboxylic acids is 1. The van der Waals surface area contributed by atoms with Gasteiger partial charge >= 0.3 is 0 Å². The molecule has 9 heteroatoms. The van der Waals surface area contributed by atoms with Gasteiger partial charge in [0.25, 0.3) is 0 Å². The number of nitrogens with one attached hydrogen (secondary N) is 2. The van der Waals surface area contributed by atoms with E-state index < -0.39 is 0 Å². The summed E-state index contributed by atoms with van der Waals surface area (Å²) in [7, 11) is 0. The first-order chi connectivity index (χ1) is 14.9. The quantitative estimate of drug-likeness (QED) is 0.362. The molecule has 1 amide bonds. The van der Waals surface area contributed by atoms with Crippen LogP contribution >= 0.6 is 35.2 Å². The highest BCUT2D eigenvalue weighted by atomic mass is 35.5. The number of benzene rings is 2. The monoisotopic (exact) mass is 469 g/mol. The molecule has 0 saturated carbocycles. The normalized spacial score (nSPS) is 10.9. The van der Waals surface area contributed by atoms with Crippen LogP contribution in [0.1, 0.15) is 21.6 Å². The number of H-pyrrole nitrogens is 1. The second kappa shape index (κ2) is 9.13. The van der Waals surface area contributed by atoms with Gasteiger partial charge in [-0.1, -0.05) is 53.6 Å². The van der Waals surface area contributed by atoms with Crippen molar-refractivity contribution in [3.05, 3.63) is 80.0 Å². The summed E-state index contributed by atoms with van der Waals surface area (Å²) in [5, 5.41) is 11.2. The van der Waals surface area contributed by atoms with Gasteiger partial charge in [0.05, 0.1) is 0 Å². The van der Waals surface area contributed by atoms with Crippen LogP contribution in [0.2, 0.25) is 5.02 Å². The second-order valence-corrected chi connectivity index (χ2v) is 9.09. The number of carbonyl (C=O) groups is 1. The fourth-order valence-electron chi connectivity index (χ4n) is 3.25. The standard InChI is InChI=1S/C22H20ClN5OS2/c1-13-5-3-8-16(9-13)20-26-27-22(30)28(20)12-18(29)25-21-24-11-17(31-21)10-15-7-4-6-14(2)19(15)23/h3-9,11H,10,12H2,1-2H3,(H,27,30)(H,24,25,29). The molecule has 158 valence electrons. The van der Waals surface area contributed by atoms with E-state index >= 15 is 0 Å². The summed E-state index contributed by atoms with van der Waals surface area (Å²) in [6, 6.07) is 13.9. The van der Waals surface area contributed by atoms with Crippen LogP contribution in [0.4, 0.5) is 5.13 Å². The average Bonchev–Trinajstić information content (AvgIpc) is 3.32. The van der Waals surface area contributed by atoms with Gasteiger partial charge in [0.15, 0.2) is 15.7 Å². The van der Waals surface area contributed by atoms with Crippen LogP contribution in [0.25, 0.3) is 11.4 Å². The van der Waals surface area contributed by atoms with E-state index in [-0.39, 0.29) is 12.5 Å².